The molecule has 0 heterocycles. The lowest BCUT2D eigenvalue weighted by molar-refractivity contribution is -0.140. The van der Waals surface area contributed by atoms with Crippen molar-refractivity contribution in [3.8, 4) is 0 Å². The maximum atomic E-state index is 13.3. The van der Waals surface area contributed by atoms with Crippen LogP contribution in [0, 0.1) is 19.8 Å². The average Bonchev–Trinajstić information content (AvgIpc) is 2.79. The van der Waals surface area contributed by atoms with Gasteiger partial charge in [0.2, 0.25) is 21.8 Å². The molecule has 0 aliphatic rings. The van der Waals surface area contributed by atoms with Gasteiger partial charge in [0, 0.05) is 30.5 Å². The first kappa shape index (κ1) is 29.8. The van der Waals surface area contributed by atoms with Crippen LogP contribution in [0.5, 0.6) is 0 Å². The van der Waals surface area contributed by atoms with Gasteiger partial charge >= 0.3 is 0 Å². The molecule has 9 heteroatoms. The van der Waals surface area contributed by atoms with Crippen molar-refractivity contribution in [2.75, 3.05) is 23.7 Å². The van der Waals surface area contributed by atoms with Gasteiger partial charge in [0.05, 0.1) is 11.9 Å². The number of nitrogens with one attached hydrogen (secondary N) is 1. The number of carbonyl (C=O) groups is 2. The third-order valence-electron chi connectivity index (χ3n) is 6.02. The monoisotopic (exact) mass is 579 g/mol. The number of sulfonamides is 1. The van der Waals surface area contributed by atoms with Crippen LogP contribution < -0.4 is 9.62 Å². The summed E-state index contributed by atoms with van der Waals surface area (Å²) in [6.07, 6.45) is 1.62. The molecular weight excluding hydrogens is 542 g/mol. The van der Waals surface area contributed by atoms with Crippen molar-refractivity contribution >= 4 is 43.5 Å². The summed E-state index contributed by atoms with van der Waals surface area (Å²) in [6, 6.07) is 12.5. The Morgan fingerprint density at radius 1 is 1.03 bits per heavy atom. The largest absolute Gasteiger partial charge is 0.354 e. The molecule has 0 unspecified atom stereocenters. The van der Waals surface area contributed by atoms with Crippen LogP contribution in [0.15, 0.2) is 46.9 Å². The molecule has 0 bridgehead atoms. The Morgan fingerprint density at radius 2 is 1.72 bits per heavy atom. The van der Waals surface area contributed by atoms with Crippen LogP contribution in [0.1, 0.15) is 50.3 Å². The van der Waals surface area contributed by atoms with Crippen molar-refractivity contribution in [3.63, 3.8) is 0 Å². The van der Waals surface area contributed by atoms with Crippen LogP contribution in [-0.2, 0) is 26.2 Å². The summed E-state index contributed by atoms with van der Waals surface area (Å²) in [4.78, 5) is 27.7. The number of hydrogen-bond acceptors (Lipinski definition) is 4. The molecule has 2 rings (SSSR count). The zero-order valence-corrected chi connectivity index (χ0v) is 24.4. The van der Waals surface area contributed by atoms with E-state index in [1.54, 1.807) is 17.9 Å². The Bertz CT molecular complexity index is 1170. The molecule has 7 nitrogen and oxygen atoms in total. The topological polar surface area (TPSA) is 86.8 Å². The molecule has 0 radical (unpaired) electrons. The summed E-state index contributed by atoms with van der Waals surface area (Å²) in [5.74, 6) is -0.113. The van der Waals surface area contributed by atoms with E-state index < -0.39 is 16.1 Å². The number of rotatable bonds is 12. The van der Waals surface area contributed by atoms with Crippen LogP contribution >= 0.6 is 15.9 Å². The molecule has 0 aromatic heterocycles. The van der Waals surface area contributed by atoms with Gasteiger partial charge in [0.1, 0.15) is 6.04 Å². The smallest absolute Gasteiger partial charge is 0.242 e. The quantitative estimate of drug-likeness (QED) is 0.391. The molecule has 0 saturated carbocycles. The fraction of sp³-hybridized carbons (Fsp3) is 0.481. The predicted octanol–water partition coefficient (Wildman–Crippen LogP) is 4.80. The van der Waals surface area contributed by atoms with E-state index >= 15 is 0 Å². The first-order chi connectivity index (χ1) is 16.8. The third-order valence-corrected chi connectivity index (χ3v) is 7.71. The molecule has 0 fully saturated rings. The summed E-state index contributed by atoms with van der Waals surface area (Å²) in [5, 5.41) is 2.91. The summed E-state index contributed by atoms with van der Waals surface area (Å²) in [7, 11) is -3.53. The Balaban J connectivity index is 2.18. The van der Waals surface area contributed by atoms with E-state index in [1.807, 2.05) is 64.1 Å². The van der Waals surface area contributed by atoms with Gasteiger partial charge in [-0.15, -0.1) is 0 Å². The van der Waals surface area contributed by atoms with E-state index in [-0.39, 0.29) is 31.3 Å². The van der Waals surface area contributed by atoms with Gasteiger partial charge in [-0.05, 0) is 74.1 Å². The molecule has 2 aromatic rings. The molecular formula is C27H38BrN3O4S. The SMILES string of the molecule is Cc1ccc(N(CCCC(=O)N(Cc2cccc(Br)c2)[C@H](C)C(=O)NCC(C)C)S(C)(=O)=O)cc1C. The van der Waals surface area contributed by atoms with Crippen LogP contribution in [-0.4, -0.2) is 50.5 Å². The zero-order chi connectivity index (χ0) is 27.0. The van der Waals surface area contributed by atoms with Crippen molar-refractivity contribution in [2.45, 2.75) is 60.0 Å². The summed E-state index contributed by atoms with van der Waals surface area (Å²) < 4.78 is 27.2. The number of benzene rings is 2. The van der Waals surface area contributed by atoms with Gasteiger partial charge in [-0.3, -0.25) is 13.9 Å². The fourth-order valence-corrected chi connectivity index (χ4v) is 5.16. The van der Waals surface area contributed by atoms with Gasteiger partial charge in [-0.2, -0.15) is 0 Å². The van der Waals surface area contributed by atoms with Gasteiger partial charge in [-0.25, -0.2) is 8.42 Å². The Morgan fingerprint density at radius 3 is 2.31 bits per heavy atom. The lowest BCUT2D eigenvalue weighted by atomic mass is 10.1. The average molecular weight is 581 g/mol. The van der Waals surface area contributed by atoms with Crippen molar-refractivity contribution in [1.29, 1.82) is 0 Å². The minimum absolute atomic E-state index is 0.118. The second-order valence-electron chi connectivity index (χ2n) is 9.67. The van der Waals surface area contributed by atoms with Crippen LogP contribution in [0.4, 0.5) is 5.69 Å². The predicted molar refractivity (Wildman–Crippen MR) is 149 cm³/mol. The van der Waals surface area contributed by atoms with Gasteiger partial charge < -0.3 is 10.2 Å². The minimum atomic E-state index is -3.53. The number of halogens is 1. The van der Waals surface area contributed by atoms with Crippen LogP contribution in [0.25, 0.3) is 0 Å². The molecule has 198 valence electrons. The summed E-state index contributed by atoms with van der Waals surface area (Å²) >= 11 is 3.46. The third kappa shape index (κ3) is 8.92. The van der Waals surface area contributed by atoms with Gasteiger partial charge in [-0.1, -0.05) is 48.0 Å². The van der Waals surface area contributed by atoms with E-state index in [0.717, 1.165) is 21.2 Å². The highest BCUT2D eigenvalue weighted by molar-refractivity contribution is 9.10. The van der Waals surface area contributed by atoms with E-state index in [0.29, 0.717) is 24.6 Å². The second-order valence-corrected chi connectivity index (χ2v) is 12.5. The number of anilines is 1. The number of amides is 2. The highest BCUT2D eigenvalue weighted by Crippen LogP contribution is 2.22. The normalized spacial score (nSPS) is 12.3. The number of carbonyl (C=O) groups excluding carboxylic acids is 2. The van der Waals surface area contributed by atoms with E-state index in [1.165, 1.54) is 10.6 Å². The van der Waals surface area contributed by atoms with E-state index in [2.05, 4.69) is 21.2 Å². The highest BCUT2D eigenvalue weighted by Gasteiger charge is 2.27. The molecule has 1 N–H and O–H groups in total. The first-order valence-corrected chi connectivity index (χ1v) is 14.8. The van der Waals surface area contributed by atoms with Crippen molar-refractivity contribution in [2.24, 2.45) is 5.92 Å². The zero-order valence-electron chi connectivity index (χ0n) is 22.0. The maximum Gasteiger partial charge on any atom is 0.242 e. The molecule has 0 aliphatic heterocycles. The standard InChI is InChI=1S/C27H38BrN3O4S/c1-19(2)17-29-27(33)22(5)30(18-23-9-7-10-24(28)16-23)26(32)11-8-14-31(36(6,34)35)25-13-12-20(3)21(4)15-25/h7,9-10,12-13,15-16,19,22H,8,11,14,17-18H2,1-6H3,(H,29,33)/t22-/m1/s1. The fourth-order valence-electron chi connectivity index (χ4n) is 3.75. The van der Waals surface area contributed by atoms with Crippen molar-refractivity contribution in [1.82, 2.24) is 10.2 Å². The molecule has 36 heavy (non-hydrogen) atoms. The maximum absolute atomic E-state index is 13.3. The molecule has 2 aromatic carbocycles. The second kappa shape index (κ2) is 13.2. The van der Waals surface area contributed by atoms with Gasteiger partial charge in [0.15, 0.2) is 0 Å². The van der Waals surface area contributed by atoms with Crippen LogP contribution in [0.2, 0.25) is 0 Å². The Hall–Kier alpha value is -2.39. The minimum Gasteiger partial charge on any atom is -0.354 e. The molecule has 0 spiro atoms. The molecule has 0 saturated heterocycles. The number of aryl methyl sites for hydroxylation is 2. The summed E-state index contributed by atoms with van der Waals surface area (Å²) in [6.45, 7) is 10.6. The molecule has 0 aliphatic carbocycles. The number of nitrogens with zero attached hydrogens (tertiary/aromatic N) is 2. The molecule has 2 amide bonds. The lowest BCUT2D eigenvalue weighted by Gasteiger charge is -2.30. The van der Waals surface area contributed by atoms with E-state index in [9.17, 15) is 18.0 Å². The Kier molecular flexibility index (Phi) is 11.0. The highest BCUT2D eigenvalue weighted by atomic mass is 79.9. The van der Waals surface area contributed by atoms with Crippen LogP contribution in [0.3, 0.4) is 0 Å². The van der Waals surface area contributed by atoms with Crippen molar-refractivity contribution in [3.05, 3.63) is 63.6 Å². The lowest BCUT2D eigenvalue weighted by Crippen LogP contribution is -2.48. The Labute approximate surface area is 224 Å². The van der Waals surface area contributed by atoms with E-state index in [4.69, 9.17) is 0 Å². The molecule has 1 atom stereocenters. The number of hydrogen-bond donors (Lipinski definition) is 1. The summed E-state index contributed by atoms with van der Waals surface area (Å²) in [5.41, 5.74) is 3.56. The first-order valence-electron chi connectivity index (χ1n) is 12.2. The van der Waals surface area contributed by atoms with Gasteiger partial charge in [0.25, 0.3) is 0 Å². The van der Waals surface area contributed by atoms with Crippen molar-refractivity contribution < 1.29 is 18.0 Å².